The molecule has 2 aliphatic rings. The summed E-state index contributed by atoms with van der Waals surface area (Å²) in [6.45, 7) is 8.77. The number of carbonyl (C=O) groups is 1. The molecule has 154 valence electrons. The number of rotatable bonds is 6. The van der Waals surface area contributed by atoms with E-state index in [1.54, 1.807) is 0 Å². The van der Waals surface area contributed by atoms with E-state index in [9.17, 15) is 4.79 Å². The number of nitrogens with zero attached hydrogens (tertiary/aromatic N) is 2. The summed E-state index contributed by atoms with van der Waals surface area (Å²) >= 11 is 0. The maximum absolute atomic E-state index is 13.2. The molecule has 5 heteroatoms. The average molecular weight is 394 g/mol. The fourth-order valence-electron chi connectivity index (χ4n) is 4.39. The van der Waals surface area contributed by atoms with Crippen molar-refractivity contribution in [3.63, 3.8) is 0 Å². The Labute approximate surface area is 173 Å². The molecule has 1 N–H and O–H groups in total. The molecule has 0 spiro atoms. The predicted molar refractivity (Wildman–Crippen MR) is 120 cm³/mol. The number of hydrogen-bond donors (Lipinski definition) is 1. The number of hydrogen-bond acceptors (Lipinski definition) is 4. The van der Waals surface area contributed by atoms with Crippen molar-refractivity contribution in [1.82, 2.24) is 0 Å². The molecule has 2 heterocycles. The van der Waals surface area contributed by atoms with Gasteiger partial charge in [-0.05, 0) is 75.4 Å². The highest BCUT2D eigenvalue weighted by atomic mass is 16.5. The monoisotopic (exact) mass is 393 g/mol. The van der Waals surface area contributed by atoms with Crippen LogP contribution in [0, 0.1) is 6.92 Å². The molecule has 0 aromatic heterocycles. The van der Waals surface area contributed by atoms with Crippen molar-refractivity contribution in [2.24, 2.45) is 0 Å². The van der Waals surface area contributed by atoms with Gasteiger partial charge in [0.15, 0.2) is 0 Å². The summed E-state index contributed by atoms with van der Waals surface area (Å²) in [4.78, 5) is 18.0. The number of anilines is 3. The molecule has 0 saturated carbocycles. The summed E-state index contributed by atoms with van der Waals surface area (Å²) in [7, 11) is 0. The summed E-state index contributed by atoms with van der Waals surface area (Å²) in [6, 6.07) is 12.1. The lowest BCUT2D eigenvalue weighted by Crippen LogP contribution is -2.25. The number of para-hydroxylation sites is 1. The predicted octanol–water partition coefficient (Wildman–Crippen LogP) is 4.85. The van der Waals surface area contributed by atoms with Crippen molar-refractivity contribution in [2.45, 2.75) is 39.5 Å². The third-order valence-electron chi connectivity index (χ3n) is 5.89. The van der Waals surface area contributed by atoms with Gasteiger partial charge in [0.2, 0.25) is 0 Å². The molecule has 2 aromatic carbocycles. The van der Waals surface area contributed by atoms with Crippen molar-refractivity contribution in [2.75, 3.05) is 47.9 Å². The Balaban J connectivity index is 1.65. The molecule has 2 aliphatic heterocycles. The number of benzene rings is 2. The Morgan fingerprint density at radius 1 is 0.966 bits per heavy atom. The van der Waals surface area contributed by atoms with Crippen LogP contribution >= 0.6 is 0 Å². The lowest BCUT2D eigenvalue weighted by atomic mass is 10.1. The summed E-state index contributed by atoms with van der Waals surface area (Å²) in [5.41, 5.74) is 4.88. The number of nitrogens with one attached hydrogen (secondary N) is 1. The van der Waals surface area contributed by atoms with Gasteiger partial charge in [-0.1, -0.05) is 6.07 Å². The summed E-state index contributed by atoms with van der Waals surface area (Å²) < 4.78 is 5.62. The van der Waals surface area contributed by atoms with E-state index >= 15 is 0 Å². The maximum Gasteiger partial charge on any atom is 0.255 e. The highest BCUT2D eigenvalue weighted by molar-refractivity contribution is 6.08. The zero-order valence-electron chi connectivity index (χ0n) is 17.5. The van der Waals surface area contributed by atoms with Gasteiger partial charge in [0.05, 0.1) is 23.7 Å². The van der Waals surface area contributed by atoms with Gasteiger partial charge in [-0.15, -0.1) is 0 Å². The average Bonchev–Trinajstić information content (AvgIpc) is 3.44. The Kier molecular flexibility index (Phi) is 5.93. The van der Waals surface area contributed by atoms with Crippen molar-refractivity contribution >= 4 is 23.0 Å². The SMILES string of the molecule is CCOc1ccc(C(=O)Nc2c(N3CCCC3)cccc2N2CCCC2)cc1C. The van der Waals surface area contributed by atoms with E-state index in [4.69, 9.17) is 4.74 Å². The van der Waals surface area contributed by atoms with E-state index in [2.05, 4.69) is 33.3 Å². The molecule has 5 nitrogen and oxygen atoms in total. The first kappa shape index (κ1) is 19.6. The minimum Gasteiger partial charge on any atom is -0.494 e. The quantitative estimate of drug-likeness (QED) is 0.762. The topological polar surface area (TPSA) is 44.8 Å². The van der Waals surface area contributed by atoms with Gasteiger partial charge in [0, 0.05) is 31.7 Å². The van der Waals surface area contributed by atoms with E-state index in [0.717, 1.165) is 54.6 Å². The van der Waals surface area contributed by atoms with E-state index in [-0.39, 0.29) is 5.91 Å². The Morgan fingerprint density at radius 3 is 2.07 bits per heavy atom. The molecule has 0 atom stereocenters. The Bertz CT molecular complexity index is 834. The smallest absolute Gasteiger partial charge is 0.255 e. The molecule has 0 unspecified atom stereocenters. The van der Waals surface area contributed by atoms with E-state index in [0.29, 0.717) is 12.2 Å². The molecule has 1 amide bonds. The zero-order valence-corrected chi connectivity index (χ0v) is 17.5. The highest BCUT2D eigenvalue weighted by Crippen LogP contribution is 2.39. The Morgan fingerprint density at radius 2 is 1.55 bits per heavy atom. The third kappa shape index (κ3) is 4.19. The summed E-state index contributed by atoms with van der Waals surface area (Å²) in [6.07, 6.45) is 4.83. The van der Waals surface area contributed by atoms with Crippen LogP contribution in [0.15, 0.2) is 36.4 Å². The van der Waals surface area contributed by atoms with Gasteiger partial charge >= 0.3 is 0 Å². The lowest BCUT2D eigenvalue weighted by Gasteiger charge is -2.28. The van der Waals surface area contributed by atoms with E-state index < -0.39 is 0 Å². The van der Waals surface area contributed by atoms with Crippen LogP contribution in [0.5, 0.6) is 5.75 Å². The molecule has 0 radical (unpaired) electrons. The first-order valence-corrected chi connectivity index (χ1v) is 10.8. The van der Waals surface area contributed by atoms with Crippen LogP contribution < -0.4 is 19.9 Å². The largest absolute Gasteiger partial charge is 0.494 e. The summed E-state index contributed by atoms with van der Waals surface area (Å²) in [5, 5.41) is 3.26. The van der Waals surface area contributed by atoms with Gasteiger partial charge < -0.3 is 19.9 Å². The lowest BCUT2D eigenvalue weighted by molar-refractivity contribution is 0.102. The molecule has 29 heavy (non-hydrogen) atoms. The second-order valence-electron chi connectivity index (χ2n) is 7.93. The molecular formula is C24H31N3O2. The third-order valence-corrected chi connectivity index (χ3v) is 5.89. The number of aryl methyl sites for hydroxylation is 1. The van der Waals surface area contributed by atoms with Crippen molar-refractivity contribution < 1.29 is 9.53 Å². The summed E-state index contributed by atoms with van der Waals surface area (Å²) in [5.74, 6) is 0.766. The fourth-order valence-corrected chi connectivity index (χ4v) is 4.39. The van der Waals surface area contributed by atoms with Crippen LogP contribution in [-0.2, 0) is 0 Å². The van der Waals surface area contributed by atoms with Gasteiger partial charge in [-0.3, -0.25) is 4.79 Å². The van der Waals surface area contributed by atoms with Gasteiger partial charge in [-0.2, -0.15) is 0 Å². The molecule has 0 bridgehead atoms. The second kappa shape index (κ2) is 8.76. The minimum absolute atomic E-state index is 0.0664. The molecule has 0 aliphatic carbocycles. The minimum atomic E-state index is -0.0664. The maximum atomic E-state index is 13.2. The van der Waals surface area contributed by atoms with Crippen LogP contribution in [0.25, 0.3) is 0 Å². The first-order valence-electron chi connectivity index (χ1n) is 10.8. The number of ether oxygens (including phenoxy) is 1. The molecule has 2 fully saturated rings. The van der Waals surface area contributed by atoms with Crippen LogP contribution in [0.1, 0.15) is 48.5 Å². The zero-order chi connectivity index (χ0) is 20.2. The highest BCUT2D eigenvalue weighted by Gasteiger charge is 2.24. The normalized spacial score (nSPS) is 16.3. The van der Waals surface area contributed by atoms with Crippen LogP contribution in [0.2, 0.25) is 0 Å². The van der Waals surface area contributed by atoms with Crippen molar-refractivity contribution in [1.29, 1.82) is 0 Å². The van der Waals surface area contributed by atoms with E-state index in [1.165, 1.54) is 25.7 Å². The Hall–Kier alpha value is -2.69. The standard InChI is InChI=1S/C24H31N3O2/c1-3-29-22-12-11-19(17-18(22)2)24(28)25-23-20(26-13-4-5-14-26)9-8-10-21(23)27-15-6-7-16-27/h8-12,17H,3-7,13-16H2,1-2H3,(H,25,28). The van der Waals surface area contributed by atoms with Crippen molar-refractivity contribution in [3.05, 3.63) is 47.5 Å². The number of amides is 1. The van der Waals surface area contributed by atoms with Crippen molar-refractivity contribution in [3.8, 4) is 5.75 Å². The molecule has 4 rings (SSSR count). The molecule has 2 saturated heterocycles. The molecular weight excluding hydrogens is 362 g/mol. The van der Waals surface area contributed by atoms with E-state index in [1.807, 2.05) is 32.0 Å². The van der Waals surface area contributed by atoms with Gasteiger partial charge in [0.25, 0.3) is 5.91 Å². The van der Waals surface area contributed by atoms with Crippen LogP contribution in [0.4, 0.5) is 17.1 Å². The number of carbonyl (C=O) groups excluding carboxylic acids is 1. The first-order chi connectivity index (χ1) is 14.2. The fraction of sp³-hybridized carbons (Fsp3) is 0.458. The van der Waals surface area contributed by atoms with Gasteiger partial charge in [-0.25, -0.2) is 0 Å². The van der Waals surface area contributed by atoms with Gasteiger partial charge in [0.1, 0.15) is 5.75 Å². The van der Waals surface area contributed by atoms with Crippen LogP contribution in [-0.4, -0.2) is 38.7 Å². The van der Waals surface area contributed by atoms with Crippen LogP contribution in [0.3, 0.4) is 0 Å². The molecule has 2 aromatic rings. The second-order valence-corrected chi connectivity index (χ2v) is 7.93.